The summed E-state index contributed by atoms with van der Waals surface area (Å²) >= 11 is 0. The fourth-order valence-corrected chi connectivity index (χ4v) is 7.88. The predicted octanol–water partition coefficient (Wildman–Crippen LogP) is 5.13. The number of rotatable bonds is 9. The third-order valence-corrected chi connectivity index (χ3v) is 10.3. The van der Waals surface area contributed by atoms with E-state index >= 15 is 0 Å². The van der Waals surface area contributed by atoms with Gasteiger partial charge < -0.3 is 10.1 Å². The normalized spacial score (nSPS) is 18.1. The molecule has 1 aliphatic heterocycles. The van der Waals surface area contributed by atoms with E-state index in [1.165, 1.54) is 35.3 Å². The number of hydrogen-bond donors (Lipinski definition) is 1. The van der Waals surface area contributed by atoms with Crippen LogP contribution in [0.25, 0.3) is 10.9 Å². The molecule has 1 saturated carbocycles. The van der Waals surface area contributed by atoms with Crippen LogP contribution in [-0.4, -0.2) is 63.1 Å². The Balaban J connectivity index is 1.23. The number of likely N-dealkylation sites (tertiary alicyclic amines) is 1. The number of aldehydes is 1. The van der Waals surface area contributed by atoms with E-state index in [9.17, 15) is 13.8 Å². The van der Waals surface area contributed by atoms with Crippen molar-refractivity contribution in [2.75, 3.05) is 31.6 Å². The molecular formula is C31H41N5O3S. The molecule has 1 aliphatic carbocycles. The van der Waals surface area contributed by atoms with Gasteiger partial charge in [0.25, 0.3) is 0 Å². The maximum atomic E-state index is 13.2. The van der Waals surface area contributed by atoms with Gasteiger partial charge in [0.05, 0.1) is 16.3 Å². The van der Waals surface area contributed by atoms with Crippen molar-refractivity contribution in [2.45, 2.75) is 74.0 Å². The van der Waals surface area contributed by atoms with E-state index in [-0.39, 0.29) is 19.0 Å². The minimum atomic E-state index is -0.904. The second kappa shape index (κ2) is 13.1. The molecule has 1 saturated heterocycles. The van der Waals surface area contributed by atoms with E-state index in [0.717, 1.165) is 67.4 Å². The second-order valence-corrected chi connectivity index (χ2v) is 12.9. The van der Waals surface area contributed by atoms with E-state index in [1.807, 2.05) is 17.8 Å². The zero-order chi connectivity index (χ0) is 28.1. The van der Waals surface area contributed by atoms with Gasteiger partial charge >= 0.3 is 6.03 Å². The van der Waals surface area contributed by atoms with Crippen LogP contribution in [0.2, 0.25) is 0 Å². The Bertz CT molecular complexity index is 1360. The van der Waals surface area contributed by atoms with Crippen LogP contribution in [0, 0.1) is 0 Å². The topological polar surface area (TPSA) is 87.5 Å². The molecule has 3 aromatic rings. The number of fused-ring (bicyclic) bond motifs is 1. The average Bonchev–Trinajstić information content (AvgIpc) is 3.33. The lowest BCUT2D eigenvalue weighted by molar-refractivity contribution is -0.107. The summed E-state index contributed by atoms with van der Waals surface area (Å²) in [4.78, 5) is 28.5. The first-order valence-corrected chi connectivity index (χ1v) is 15.8. The number of nitrogens with zero attached hydrogens (tertiary/aromatic N) is 4. The Morgan fingerprint density at radius 2 is 1.88 bits per heavy atom. The summed E-state index contributed by atoms with van der Waals surface area (Å²) in [5, 5.41) is 8.52. The molecule has 2 amide bonds. The van der Waals surface area contributed by atoms with Crippen molar-refractivity contribution in [2.24, 2.45) is 7.05 Å². The summed E-state index contributed by atoms with van der Waals surface area (Å²) in [6, 6.07) is 14.6. The molecule has 2 aromatic carbocycles. The number of nitrogens with one attached hydrogen (secondary N) is 1. The van der Waals surface area contributed by atoms with Gasteiger partial charge in [-0.1, -0.05) is 37.5 Å². The van der Waals surface area contributed by atoms with E-state index in [4.69, 9.17) is 0 Å². The molecule has 40 heavy (non-hydrogen) atoms. The summed E-state index contributed by atoms with van der Waals surface area (Å²) < 4.78 is 15.0. The van der Waals surface area contributed by atoms with Crippen molar-refractivity contribution in [3.05, 3.63) is 53.6 Å². The highest BCUT2D eigenvalue weighted by Crippen LogP contribution is 2.34. The predicted molar refractivity (Wildman–Crippen MR) is 160 cm³/mol. The molecule has 2 fully saturated rings. The summed E-state index contributed by atoms with van der Waals surface area (Å²) in [5.41, 5.74) is 3.53. The van der Waals surface area contributed by atoms with Crippen molar-refractivity contribution >= 4 is 39.8 Å². The number of piperidine rings is 1. The van der Waals surface area contributed by atoms with Crippen molar-refractivity contribution in [1.82, 2.24) is 20.0 Å². The molecular weight excluding hydrogens is 522 g/mol. The van der Waals surface area contributed by atoms with Crippen LogP contribution >= 0.6 is 0 Å². The Hall–Kier alpha value is -3.04. The van der Waals surface area contributed by atoms with Crippen LogP contribution in [0.4, 0.5) is 10.6 Å². The van der Waals surface area contributed by atoms with E-state index < -0.39 is 10.8 Å². The minimum absolute atomic E-state index is 0.255. The molecule has 1 atom stereocenters. The van der Waals surface area contributed by atoms with Crippen LogP contribution in [0.5, 0.6) is 0 Å². The van der Waals surface area contributed by atoms with Gasteiger partial charge in [0.15, 0.2) is 5.82 Å². The number of aromatic nitrogens is 2. The number of carbonyl (C=O) groups is 2. The van der Waals surface area contributed by atoms with E-state index in [0.29, 0.717) is 17.0 Å². The minimum Gasteiger partial charge on any atom is -0.341 e. The third-order valence-electron chi connectivity index (χ3n) is 8.49. The van der Waals surface area contributed by atoms with E-state index in [2.05, 4.69) is 51.7 Å². The van der Waals surface area contributed by atoms with Gasteiger partial charge in [-0.3, -0.25) is 18.7 Å². The molecule has 2 heterocycles. The summed E-state index contributed by atoms with van der Waals surface area (Å²) in [6.07, 6.45) is 9.09. The van der Waals surface area contributed by atoms with Crippen LogP contribution in [0.3, 0.4) is 0 Å². The first-order chi connectivity index (χ1) is 19.5. The molecule has 1 N–H and O–H groups in total. The first kappa shape index (κ1) is 28.5. The summed E-state index contributed by atoms with van der Waals surface area (Å²) in [5.74, 6) is 1.04. The van der Waals surface area contributed by atoms with Crippen LogP contribution in [0.15, 0.2) is 47.4 Å². The molecule has 2 aliphatic rings. The lowest BCUT2D eigenvalue weighted by atomic mass is 9.89. The SMILES string of the molecule is CNC(=O)N(CCC=O)c1nn(C)c2cc(C3CCN(Cc4cccc(S(=O)C5CCCCC5)c4)CC3)ccc12. The highest BCUT2D eigenvalue weighted by Gasteiger charge is 2.25. The highest BCUT2D eigenvalue weighted by atomic mass is 32.2. The fourth-order valence-electron chi connectivity index (χ4n) is 6.25. The van der Waals surface area contributed by atoms with Crippen molar-refractivity contribution in [1.29, 1.82) is 0 Å². The number of urea groups is 1. The second-order valence-electron chi connectivity index (χ2n) is 11.1. The van der Waals surface area contributed by atoms with Crippen molar-refractivity contribution in [3.63, 3.8) is 0 Å². The highest BCUT2D eigenvalue weighted by molar-refractivity contribution is 7.85. The lowest BCUT2D eigenvalue weighted by Gasteiger charge is -2.32. The third kappa shape index (κ3) is 6.31. The number of amides is 2. The van der Waals surface area contributed by atoms with Gasteiger partial charge in [0.2, 0.25) is 0 Å². The molecule has 9 heteroatoms. The lowest BCUT2D eigenvalue weighted by Crippen LogP contribution is -2.39. The molecule has 0 spiro atoms. The van der Waals surface area contributed by atoms with E-state index in [1.54, 1.807) is 7.05 Å². The molecule has 214 valence electrons. The van der Waals surface area contributed by atoms with Crippen molar-refractivity contribution in [3.8, 4) is 0 Å². The molecule has 1 aromatic heterocycles. The molecule has 1 unspecified atom stereocenters. The van der Waals surface area contributed by atoms with Gasteiger partial charge in [0.1, 0.15) is 6.29 Å². The van der Waals surface area contributed by atoms with Gasteiger partial charge in [-0.15, -0.1) is 0 Å². The Morgan fingerprint density at radius 3 is 2.60 bits per heavy atom. The number of carbonyl (C=O) groups excluding carboxylic acids is 2. The molecule has 8 nitrogen and oxygen atoms in total. The van der Waals surface area contributed by atoms with Gasteiger partial charge in [-0.05, 0) is 80.1 Å². The standard InChI is InChI=1S/C31H41N5O3S/c1-32-31(38)36(16-7-19-37)30-28-13-12-25(21-29(28)34(2)33-30)24-14-17-35(18-15-24)22-23-8-6-11-27(20-23)40(39)26-9-4-3-5-10-26/h6,8,11-13,19-21,24,26H,3-5,7,9-10,14-18,22H2,1-2H3,(H,32,38). The quantitative estimate of drug-likeness (QED) is 0.365. The number of hydrogen-bond acceptors (Lipinski definition) is 5. The monoisotopic (exact) mass is 563 g/mol. The Morgan fingerprint density at radius 1 is 1.10 bits per heavy atom. The summed E-state index contributed by atoms with van der Waals surface area (Å²) in [7, 11) is 2.58. The van der Waals surface area contributed by atoms with Crippen LogP contribution in [0.1, 0.15) is 68.4 Å². The number of benzene rings is 2. The maximum absolute atomic E-state index is 13.2. The smallest absolute Gasteiger partial charge is 0.322 e. The fraction of sp³-hybridized carbons (Fsp3) is 0.516. The Labute approximate surface area is 239 Å². The first-order valence-electron chi connectivity index (χ1n) is 14.6. The van der Waals surface area contributed by atoms with Crippen LogP contribution < -0.4 is 10.2 Å². The molecule has 0 bridgehead atoms. The van der Waals surface area contributed by atoms with Gasteiger partial charge in [-0.2, -0.15) is 5.10 Å². The van der Waals surface area contributed by atoms with Gasteiger partial charge in [0, 0.05) is 49.1 Å². The Kier molecular flexibility index (Phi) is 9.32. The number of anilines is 1. The zero-order valence-electron chi connectivity index (χ0n) is 23.7. The summed E-state index contributed by atoms with van der Waals surface area (Å²) in [6.45, 7) is 3.22. The van der Waals surface area contributed by atoms with Gasteiger partial charge in [-0.25, -0.2) is 4.79 Å². The molecule has 0 radical (unpaired) electrons. The van der Waals surface area contributed by atoms with Crippen LogP contribution in [-0.2, 0) is 29.2 Å². The van der Waals surface area contributed by atoms with Crippen molar-refractivity contribution < 1.29 is 13.8 Å². The average molecular weight is 564 g/mol. The maximum Gasteiger partial charge on any atom is 0.322 e. The molecule has 5 rings (SSSR count). The zero-order valence-corrected chi connectivity index (χ0v) is 24.5. The largest absolute Gasteiger partial charge is 0.341 e. The number of aryl methyl sites for hydroxylation is 1.